The molecule has 0 radical (unpaired) electrons. The van der Waals surface area contributed by atoms with Gasteiger partial charge in [-0.2, -0.15) is 0 Å². The number of unbranched alkanes of at least 4 members (excludes halogenated alkanes) is 2. The van der Waals surface area contributed by atoms with Gasteiger partial charge in [-0.3, -0.25) is 0 Å². The Morgan fingerprint density at radius 3 is 1.27 bits per heavy atom. The summed E-state index contributed by atoms with van der Waals surface area (Å²) in [6, 6.07) is 20.8. The molecule has 0 aromatic heterocycles. The van der Waals surface area contributed by atoms with Crippen LogP contribution in [0.2, 0.25) is 0 Å². The van der Waals surface area contributed by atoms with Gasteiger partial charge in [0.2, 0.25) is 0 Å². The summed E-state index contributed by atoms with van der Waals surface area (Å²) in [7, 11) is 3.41. The molecule has 2 atom stereocenters. The average Bonchev–Trinajstić information content (AvgIpc) is 3.01. The lowest BCUT2D eigenvalue weighted by molar-refractivity contribution is 0.234. The van der Waals surface area contributed by atoms with Gasteiger partial charge in [0.05, 0.1) is 27.4 Å². The number of benzene rings is 3. The topological polar surface area (TPSA) is 36.9 Å². The first-order valence-electron chi connectivity index (χ1n) is 15.3. The van der Waals surface area contributed by atoms with Crippen molar-refractivity contribution in [3.8, 4) is 45.3 Å². The lowest BCUT2D eigenvalue weighted by atomic mass is 9.98. The van der Waals surface area contributed by atoms with Gasteiger partial charge in [0.25, 0.3) is 0 Å². The third-order valence-electron chi connectivity index (χ3n) is 7.92. The Hall–Kier alpha value is -3.14. The van der Waals surface area contributed by atoms with Crippen LogP contribution in [0, 0.1) is 11.8 Å². The summed E-state index contributed by atoms with van der Waals surface area (Å²) in [4.78, 5) is 0. The van der Waals surface area contributed by atoms with Crippen LogP contribution in [0.25, 0.3) is 22.3 Å². The smallest absolute Gasteiger partial charge is 0.127 e. The zero-order chi connectivity index (χ0) is 28.7. The quantitative estimate of drug-likeness (QED) is 0.159. The summed E-state index contributed by atoms with van der Waals surface area (Å²) >= 11 is 0. The average molecular weight is 547 g/mol. The monoisotopic (exact) mass is 546 g/mol. The number of hydrogen-bond donors (Lipinski definition) is 0. The van der Waals surface area contributed by atoms with Crippen molar-refractivity contribution in [1.29, 1.82) is 0 Å². The van der Waals surface area contributed by atoms with Crippen molar-refractivity contribution in [2.45, 2.75) is 79.1 Å². The van der Waals surface area contributed by atoms with E-state index in [1.54, 1.807) is 14.2 Å². The number of hydrogen-bond acceptors (Lipinski definition) is 4. The minimum atomic E-state index is 0.568. The summed E-state index contributed by atoms with van der Waals surface area (Å²) in [5, 5.41) is 0. The van der Waals surface area contributed by atoms with Crippen molar-refractivity contribution in [2.75, 3.05) is 27.4 Å². The zero-order valence-corrected chi connectivity index (χ0v) is 25.6. The van der Waals surface area contributed by atoms with Crippen LogP contribution >= 0.6 is 0 Å². The summed E-state index contributed by atoms with van der Waals surface area (Å²) in [5.74, 6) is 4.57. The van der Waals surface area contributed by atoms with Crippen LogP contribution in [-0.2, 0) is 0 Å². The van der Waals surface area contributed by atoms with Crippen LogP contribution in [-0.4, -0.2) is 27.4 Å². The van der Waals surface area contributed by atoms with Gasteiger partial charge in [-0.15, -0.1) is 0 Å². The lowest BCUT2D eigenvalue weighted by Gasteiger charge is -2.19. The van der Waals surface area contributed by atoms with Gasteiger partial charge in [0, 0.05) is 11.1 Å². The molecule has 0 aliphatic rings. The SMILES string of the molecule is CCCCC(CC)COc1ccc(OC)cc1-c1ccc(-c2cc(OC)ccc2OCC(CC)CCCC)cc1. The van der Waals surface area contributed by atoms with Crippen LogP contribution in [0.1, 0.15) is 79.1 Å². The van der Waals surface area contributed by atoms with Gasteiger partial charge < -0.3 is 18.9 Å². The van der Waals surface area contributed by atoms with Crippen molar-refractivity contribution < 1.29 is 18.9 Å². The molecule has 4 nitrogen and oxygen atoms in total. The number of methoxy groups -OCH3 is 2. The van der Waals surface area contributed by atoms with E-state index < -0.39 is 0 Å². The van der Waals surface area contributed by atoms with Crippen LogP contribution < -0.4 is 18.9 Å². The largest absolute Gasteiger partial charge is 0.497 e. The highest BCUT2D eigenvalue weighted by atomic mass is 16.5. The van der Waals surface area contributed by atoms with E-state index in [0.717, 1.165) is 71.3 Å². The molecule has 0 bridgehead atoms. The van der Waals surface area contributed by atoms with E-state index in [9.17, 15) is 0 Å². The molecule has 0 aliphatic heterocycles. The number of ether oxygens (including phenoxy) is 4. The van der Waals surface area contributed by atoms with E-state index in [-0.39, 0.29) is 0 Å². The Labute approximate surface area is 243 Å². The van der Waals surface area contributed by atoms with Crippen LogP contribution in [0.4, 0.5) is 0 Å². The van der Waals surface area contributed by atoms with E-state index in [1.165, 1.54) is 38.5 Å². The fraction of sp³-hybridized carbons (Fsp3) is 0.500. The third-order valence-corrected chi connectivity index (χ3v) is 7.92. The molecule has 4 heteroatoms. The molecule has 0 saturated heterocycles. The molecule has 0 heterocycles. The minimum absolute atomic E-state index is 0.568. The molecule has 0 saturated carbocycles. The van der Waals surface area contributed by atoms with Crippen molar-refractivity contribution in [2.24, 2.45) is 11.8 Å². The number of rotatable bonds is 18. The summed E-state index contributed by atoms with van der Waals surface area (Å²) < 4.78 is 23.9. The summed E-state index contributed by atoms with van der Waals surface area (Å²) in [6.07, 6.45) is 9.58. The van der Waals surface area contributed by atoms with Gasteiger partial charge in [-0.05, 0) is 72.2 Å². The molecule has 3 aromatic carbocycles. The predicted molar refractivity (Wildman–Crippen MR) is 168 cm³/mol. The Morgan fingerprint density at radius 1 is 0.550 bits per heavy atom. The second-order valence-electron chi connectivity index (χ2n) is 10.8. The van der Waals surface area contributed by atoms with E-state index >= 15 is 0 Å². The maximum absolute atomic E-state index is 6.41. The second-order valence-corrected chi connectivity index (χ2v) is 10.8. The van der Waals surface area contributed by atoms with Crippen molar-refractivity contribution >= 4 is 0 Å². The lowest BCUT2D eigenvalue weighted by Crippen LogP contribution is -2.12. The fourth-order valence-corrected chi connectivity index (χ4v) is 5.02. The van der Waals surface area contributed by atoms with Gasteiger partial charge in [0.1, 0.15) is 23.0 Å². The Balaban J connectivity index is 1.86. The third kappa shape index (κ3) is 8.94. The predicted octanol–water partition coefficient (Wildman–Crippen LogP) is 10.2. The van der Waals surface area contributed by atoms with Crippen LogP contribution in [0.15, 0.2) is 60.7 Å². The normalized spacial score (nSPS) is 12.6. The molecule has 0 fully saturated rings. The zero-order valence-electron chi connectivity index (χ0n) is 25.6. The first-order chi connectivity index (χ1) is 19.6. The molecule has 218 valence electrons. The summed E-state index contributed by atoms with van der Waals surface area (Å²) in [5.41, 5.74) is 4.27. The highest BCUT2D eigenvalue weighted by Gasteiger charge is 2.15. The van der Waals surface area contributed by atoms with Crippen molar-refractivity contribution in [3.05, 3.63) is 60.7 Å². The standard InChI is InChI=1S/C36H50O4/c1-7-11-13-27(9-3)25-39-35-21-19-31(37-5)23-33(35)29-15-17-30(18-16-29)34-24-32(38-6)20-22-36(34)40-26-28(10-4)14-12-8-2/h15-24,27-28H,7-14,25-26H2,1-6H3. The van der Waals surface area contributed by atoms with Gasteiger partial charge in [-0.25, -0.2) is 0 Å². The van der Waals surface area contributed by atoms with Crippen molar-refractivity contribution in [3.63, 3.8) is 0 Å². The first-order valence-corrected chi connectivity index (χ1v) is 15.3. The fourth-order valence-electron chi connectivity index (χ4n) is 5.02. The van der Waals surface area contributed by atoms with Gasteiger partial charge in [-0.1, -0.05) is 90.5 Å². The van der Waals surface area contributed by atoms with Gasteiger partial charge in [0.15, 0.2) is 0 Å². The van der Waals surface area contributed by atoms with Crippen LogP contribution in [0.3, 0.4) is 0 Å². The molecular weight excluding hydrogens is 496 g/mol. The maximum atomic E-state index is 6.41. The van der Waals surface area contributed by atoms with E-state index in [0.29, 0.717) is 11.8 Å². The Kier molecular flexibility index (Phi) is 13.2. The molecular formula is C36H50O4. The second kappa shape index (κ2) is 16.8. The van der Waals surface area contributed by atoms with E-state index in [2.05, 4.69) is 64.1 Å². The molecule has 0 spiro atoms. The maximum Gasteiger partial charge on any atom is 0.127 e. The molecule has 2 unspecified atom stereocenters. The highest BCUT2D eigenvalue weighted by molar-refractivity contribution is 5.77. The first kappa shape index (κ1) is 31.4. The Bertz CT molecular complexity index is 1050. The minimum Gasteiger partial charge on any atom is -0.497 e. The molecule has 0 amide bonds. The van der Waals surface area contributed by atoms with E-state index in [4.69, 9.17) is 18.9 Å². The van der Waals surface area contributed by atoms with Crippen LogP contribution in [0.5, 0.6) is 23.0 Å². The van der Waals surface area contributed by atoms with E-state index in [1.807, 2.05) is 24.3 Å². The molecule has 0 aliphatic carbocycles. The molecule has 40 heavy (non-hydrogen) atoms. The Morgan fingerprint density at radius 2 is 0.950 bits per heavy atom. The molecule has 3 rings (SSSR count). The molecule has 3 aromatic rings. The molecule has 0 N–H and O–H groups in total. The summed E-state index contributed by atoms with van der Waals surface area (Å²) in [6.45, 7) is 10.5. The van der Waals surface area contributed by atoms with Gasteiger partial charge >= 0.3 is 0 Å². The van der Waals surface area contributed by atoms with Crippen molar-refractivity contribution in [1.82, 2.24) is 0 Å². The highest BCUT2D eigenvalue weighted by Crippen LogP contribution is 2.38.